The number of aryl methyl sites for hydroxylation is 3. The number of hydrogen-bond donors (Lipinski definition) is 1. The number of pyridine rings is 1. The summed E-state index contributed by atoms with van der Waals surface area (Å²) in [7, 11) is 1.97. The molecule has 96 valence electrons. The number of aromatic nitrogens is 1. The number of hydrogen-bond acceptors (Lipinski definition) is 3. The van der Waals surface area contributed by atoms with Gasteiger partial charge in [-0.3, -0.25) is 4.98 Å². The van der Waals surface area contributed by atoms with E-state index in [2.05, 4.69) is 35.4 Å². The molecule has 0 fully saturated rings. The Morgan fingerprint density at radius 3 is 2.56 bits per heavy atom. The van der Waals surface area contributed by atoms with E-state index in [1.54, 1.807) is 0 Å². The van der Waals surface area contributed by atoms with Crippen molar-refractivity contribution in [2.75, 3.05) is 7.05 Å². The lowest BCUT2D eigenvalue weighted by molar-refractivity contribution is 0.489. The highest BCUT2D eigenvalue weighted by molar-refractivity contribution is 5.26. The number of nitrogens with zero attached hydrogens (tertiary/aromatic N) is 1. The van der Waals surface area contributed by atoms with Gasteiger partial charge in [-0.15, -0.1) is 0 Å². The minimum absolute atomic E-state index is 0.248. The van der Waals surface area contributed by atoms with Gasteiger partial charge in [0.05, 0.1) is 0 Å². The molecule has 18 heavy (non-hydrogen) atoms. The molecule has 1 N–H and O–H groups in total. The molecule has 0 amide bonds. The first-order valence-corrected chi connectivity index (χ1v) is 6.26. The van der Waals surface area contributed by atoms with E-state index < -0.39 is 0 Å². The van der Waals surface area contributed by atoms with Gasteiger partial charge < -0.3 is 9.73 Å². The van der Waals surface area contributed by atoms with E-state index in [1.165, 1.54) is 11.1 Å². The van der Waals surface area contributed by atoms with Crippen LogP contribution in [0.25, 0.3) is 0 Å². The molecule has 1 atom stereocenters. The lowest BCUT2D eigenvalue weighted by Crippen LogP contribution is -2.19. The third kappa shape index (κ3) is 2.79. The second-order valence-corrected chi connectivity index (χ2v) is 4.74. The number of rotatable bonds is 4. The Labute approximate surface area is 108 Å². The van der Waals surface area contributed by atoms with E-state index in [1.807, 2.05) is 27.1 Å². The van der Waals surface area contributed by atoms with Gasteiger partial charge in [0.1, 0.15) is 11.5 Å². The zero-order valence-corrected chi connectivity index (χ0v) is 11.4. The zero-order chi connectivity index (χ0) is 13.1. The summed E-state index contributed by atoms with van der Waals surface area (Å²) in [5, 5.41) is 3.34. The number of likely N-dealkylation sites (N-methyl/N-ethyl adjacent to an activating group) is 1. The Morgan fingerprint density at radius 2 is 2.06 bits per heavy atom. The molecule has 0 spiro atoms. The zero-order valence-electron chi connectivity index (χ0n) is 11.4. The van der Waals surface area contributed by atoms with Crippen molar-refractivity contribution in [1.29, 1.82) is 0 Å². The fraction of sp³-hybridized carbons (Fsp3) is 0.400. The molecule has 1 unspecified atom stereocenters. The normalized spacial score (nSPS) is 12.7. The van der Waals surface area contributed by atoms with E-state index >= 15 is 0 Å². The van der Waals surface area contributed by atoms with Crippen LogP contribution in [-0.4, -0.2) is 12.0 Å². The summed E-state index contributed by atoms with van der Waals surface area (Å²) in [5.74, 6) is 1.94. The summed E-state index contributed by atoms with van der Waals surface area (Å²) in [6.07, 6.45) is 2.78. The quantitative estimate of drug-likeness (QED) is 0.898. The Balaban J connectivity index is 2.19. The van der Waals surface area contributed by atoms with Gasteiger partial charge in [0.25, 0.3) is 0 Å². The van der Waals surface area contributed by atoms with E-state index in [0.29, 0.717) is 0 Å². The highest BCUT2D eigenvalue weighted by atomic mass is 16.3. The van der Waals surface area contributed by atoms with Crippen LogP contribution in [0.1, 0.15) is 34.4 Å². The molecule has 3 heteroatoms. The van der Waals surface area contributed by atoms with Crippen molar-refractivity contribution in [2.45, 2.75) is 33.2 Å². The van der Waals surface area contributed by atoms with Gasteiger partial charge >= 0.3 is 0 Å². The van der Waals surface area contributed by atoms with E-state index in [-0.39, 0.29) is 6.04 Å². The SMILES string of the molecule is CNC(Cc1ccc(C)cn1)c1cc(C)oc1C. The van der Waals surface area contributed by atoms with Crippen LogP contribution in [-0.2, 0) is 6.42 Å². The molecule has 0 saturated carbocycles. The van der Waals surface area contributed by atoms with Crippen molar-refractivity contribution in [3.05, 3.63) is 52.7 Å². The molecule has 0 aromatic carbocycles. The summed E-state index contributed by atoms with van der Waals surface area (Å²) >= 11 is 0. The summed E-state index contributed by atoms with van der Waals surface area (Å²) in [5.41, 5.74) is 3.51. The van der Waals surface area contributed by atoms with Crippen LogP contribution in [0.4, 0.5) is 0 Å². The molecule has 0 aliphatic heterocycles. The minimum Gasteiger partial charge on any atom is -0.466 e. The van der Waals surface area contributed by atoms with Gasteiger partial charge in [0.2, 0.25) is 0 Å². The number of furan rings is 1. The minimum atomic E-state index is 0.248. The monoisotopic (exact) mass is 244 g/mol. The first-order chi connectivity index (χ1) is 8.60. The van der Waals surface area contributed by atoms with Crippen LogP contribution >= 0.6 is 0 Å². The third-order valence-electron chi connectivity index (χ3n) is 3.19. The van der Waals surface area contributed by atoms with Crippen LogP contribution < -0.4 is 5.32 Å². The maximum absolute atomic E-state index is 5.59. The second-order valence-electron chi connectivity index (χ2n) is 4.74. The summed E-state index contributed by atoms with van der Waals surface area (Å²) < 4.78 is 5.59. The van der Waals surface area contributed by atoms with Gasteiger partial charge in [0, 0.05) is 29.9 Å². The largest absolute Gasteiger partial charge is 0.466 e. The molecular weight excluding hydrogens is 224 g/mol. The molecule has 0 aliphatic carbocycles. The maximum atomic E-state index is 5.59. The number of nitrogens with one attached hydrogen (secondary N) is 1. The molecule has 2 rings (SSSR count). The van der Waals surface area contributed by atoms with E-state index in [9.17, 15) is 0 Å². The second kappa shape index (κ2) is 5.36. The highest BCUT2D eigenvalue weighted by Crippen LogP contribution is 2.24. The van der Waals surface area contributed by atoms with Crippen molar-refractivity contribution < 1.29 is 4.42 Å². The fourth-order valence-electron chi connectivity index (χ4n) is 2.19. The van der Waals surface area contributed by atoms with E-state index in [4.69, 9.17) is 4.42 Å². The fourth-order valence-corrected chi connectivity index (χ4v) is 2.19. The molecule has 2 aromatic rings. The molecule has 0 aliphatic rings. The van der Waals surface area contributed by atoms with Gasteiger partial charge in [-0.1, -0.05) is 6.07 Å². The molecule has 0 bridgehead atoms. The average Bonchev–Trinajstić information content (AvgIpc) is 2.68. The molecule has 2 heterocycles. The summed E-state index contributed by atoms with van der Waals surface area (Å²) in [4.78, 5) is 4.46. The first-order valence-electron chi connectivity index (χ1n) is 6.26. The maximum Gasteiger partial charge on any atom is 0.105 e. The molecular formula is C15H20N2O. The molecule has 2 aromatic heterocycles. The van der Waals surface area contributed by atoms with Crippen LogP contribution in [0.5, 0.6) is 0 Å². The van der Waals surface area contributed by atoms with Crippen molar-refractivity contribution >= 4 is 0 Å². The Kier molecular flexibility index (Phi) is 3.82. The molecule has 0 radical (unpaired) electrons. The summed E-state index contributed by atoms with van der Waals surface area (Å²) in [6.45, 7) is 6.04. The first kappa shape index (κ1) is 12.8. The van der Waals surface area contributed by atoms with Crippen LogP contribution in [0.15, 0.2) is 28.8 Å². The van der Waals surface area contributed by atoms with Crippen molar-refractivity contribution in [3.63, 3.8) is 0 Å². The van der Waals surface area contributed by atoms with Crippen molar-refractivity contribution in [3.8, 4) is 0 Å². The van der Waals surface area contributed by atoms with Gasteiger partial charge in [0.15, 0.2) is 0 Å². The standard InChI is InChI=1S/C15H20N2O/c1-10-5-6-13(17-9-10)8-15(16-4)14-7-11(2)18-12(14)3/h5-7,9,15-16H,8H2,1-4H3. The topological polar surface area (TPSA) is 38.1 Å². The van der Waals surface area contributed by atoms with Crippen LogP contribution in [0.3, 0.4) is 0 Å². The Bertz CT molecular complexity index is 514. The van der Waals surface area contributed by atoms with Gasteiger partial charge in [-0.05, 0) is 45.5 Å². The molecule has 3 nitrogen and oxygen atoms in total. The lowest BCUT2D eigenvalue weighted by atomic mass is 10.0. The van der Waals surface area contributed by atoms with Crippen molar-refractivity contribution in [2.24, 2.45) is 0 Å². The average molecular weight is 244 g/mol. The van der Waals surface area contributed by atoms with Crippen LogP contribution in [0, 0.1) is 20.8 Å². The predicted molar refractivity (Wildman–Crippen MR) is 72.7 cm³/mol. The smallest absolute Gasteiger partial charge is 0.105 e. The van der Waals surface area contributed by atoms with Gasteiger partial charge in [-0.2, -0.15) is 0 Å². The third-order valence-corrected chi connectivity index (χ3v) is 3.19. The summed E-state index contributed by atoms with van der Waals surface area (Å²) in [6, 6.07) is 6.53. The van der Waals surface area contributed by atoms with E-state index in [0.717, 1.165) is 23.6 Å². The Hall–Kier alpha value is -1.61. The molecule has 0 saturated heterocycles. The predicted octanol–water partition coefficient (Wildman–Crippen LogP) is 3.10. The Morgan fingerprint density at radius 1 is 1.28 bits per heavy atom. The van der Waals surface area contributed by atoms with Gasteiger partial charge in [-0.25, -0.2) is 0 Å². The lowest BCUT2D eigenvalue weighted by Gasteiger charge is -2.15. The van der Waals surface area contributed by atoms with Crippen LogP contribution in [0.2, 0.25) is 0 Å². The highest BCUT2D eigenvalue weighted by Gasteiger charge is 2.16. The van der Waals surface area contributed by atoms with Crippen molar-refractivity contribution in [1.82, 2.24) is 10.3 Å².